The van der Waals surface area contributed by atoms with Gasteiger partial charge in [-0.1, -0.05) is 24.3 Å². The third-order valence-electron chi connectivity index (χ3n) is 4.24. The van der Waals surface area contributed by atoms with Crippen molar-refractivity contribution in [3.8, 4) is 28.0 Å². The van der Waals surface area contributed by atoms with E-state index in [0.29, 0.717) is 16.6 Å². The van der Waals surface area contributed by atoms with Crippen LogP contribution >= 0.6 is 0 Å². The van der Waals surface area contributed by atoms with Gasteiger partial charge in [0.2, 0.25) is 0 Å². The second-order valence-electron chi connectivity index (χ2n) is 5.76. The van der Waals surface area contributed by atoms with Crippen molar-refractivity contribution in [3.05, 3.63) is 66.2 Å². The van der Waals surface area contributed by atoms with Crippen LogP contribution in [0.1, 0.15) is 10.4 Å². The minimum absolute atomic E-state index is 0.220. The number of methoxy groups -OCH3 is 1. The predicted octanol–water partition coefficient (Wildman–Crippen LogP) is 4.26. The number of rotatable bonds is 4. The summed E-state index contributed by atoms with van der Waals surface area (Å²) in [7, 11) is 1.61. The van der Waals surface area contributed by atoms with E-state index in [4.69, 9.17) is 9.37 Å². The highest BCUT2D eigenvalue weighted by molar-refractivity contribution is 5.98. The Kier molecular flexibility index (Phi) is 3.85. The van der Waals surface area contributed by atoms with Crippen LogP contribution in [-0.2, 0) is 0 Å². The van der Waals surface area contributed by atoms with Crippen LogP contribution in [0.3, 0.4) is 0 Å². The van der Waals surface area contributed by atoms with Crippen LogP contribution in [0, 0.1) is 0 Å². The molecule has 6 heteroatoms. The molecular formula is C20H14N2O4. The van der Waals surface area contributed by atoms with E-state index in [1.54, 1.807) is 31.4 Å². The molecule has 0 atom stereocenters. The lowest BCUT2D eigenvalue weighted by Gasteiger charge is -2.10. The number of nitrogens with zero attached hydrogens (tertiary/aromatic N) is 2. The molecule has 3 aromatic carbocycles. The predicted molar refractivity (Wildman–Crippen MR) is 96.2 cm³/mol. The highest BCUT2D eigenvalue weighted by Crippen LogP contribution is 2.31. The lowest BCUT2D eigenvalue weighted by Crippen LogP contribution is -2.00. The van der Waals surface area contributed by atoms with Crippen LogP contribution in [0.15, 0.2) is 65.3 Å². The number of carboxylic acids is 1. The minimum Gasteiger partial charge on any atom is -0.497 e. The van der Waals surface area contributed by atoms with E-state index >= 15 is 0 Å². The molecule has 0 bridgehead atoms. The Morgan fingerprint density at radius 1 is 0.885 bits per heavy atom. The molecule has 0 fully saturated rings. The van der Waals surface area contributed by atoms with Gasteiger partial charge in [-0.3, -0.25) is 0 Å². The summed E-state index contributed by atoms with van der Waals surface area (Å²) in [5, 5.41) is 17.2. The number of hydrogen-bond acceptors (Lipinski definition) is 5. The van der Waals surface area contributed by atoms with Gasteiger partial charge in [0.05, 0.1) is 12.7 Å². The van der Waals surface area contributed by atoms with Gasteiger partial charge in [0.15, 0.2) is 0 Å². The van der Waals surface area contributed by atoms with Crippen LogP contribution in [0.2, 0.25) is 0 Å². The summed E-state index contributed by atoms with van der Waals surface area (Å²) in [5.41, 5.74) is 4.64. The average molecular weight is 346 g/mol. The van der Waals surface area contributed by atoms with Gasteiger partial charge in [-0.25, -0.2) is 9.42 Å². The van der Waals surface area contributed by atoms with Crippen LogP contribution in [0.25, 0.3) is 33.3 Å². The number of carbonyl (C=O) groups is 1. The Hall–Kier alpha value is -3.67. The van der Waals surface area contributed by atoms with Crippen molar-refractivity contribution in [1.29, 1.82) is 0 Å². The zero-order valence-corrected chi connectivity index (χ0v) is 13.8. The van der Waals surface area contributed by atoms with Crippen LogP contribution in [0.5, 0.6) is 5.75 Å². The summed E-state index contributed by atoms with van der Waals surface area (Å²) in [4.78, 5) is 11.7. The van der Waals surface area contributed by atoms with Gasteiger partial charge in [-0.15, -0.1) is 0 Å². The van der Waals surface area contributed by atoms with Crippen molar-refractivity contribution in [3.63, 3.8) is 0 Å². The van der Waals surface area contributed by atoms with Crippen molar-refractivity contribution in [2.75, 3.05) is 7.11 Å². The van der Waals surface area contributed by atoms with Crippen molar-refractivity contribution >= 4 is 17.0 Å². The van der Waals surface area contributed by atoms with Crippen molar-refractivity contribution < 1.29 is 19.3 Å². The molecule has 128 valence electrons. The third kappa shape index (κ3) is 2.77. The second-order valence-corrected chi connectivity index (χ2v) is 5.76. The van der Waals surface area contributed by atoms with E-state index < -0.39 is 5.97 Å². The first-order valence-electron chi connectivity index (χ1n) is 7.90. The minimum atomic E-state index is -0.986. The number of fused-ring (bicyclic) bond motifs is 1. The molecule has 1 heterocycles. The molecule has 26 heavy (non-hydrogen) atoms. The van der Waals surface area contributed by atoms with Gasteiger partial charge in [0.1, 0.15) is 16.8 Å². The van der Waals surface area contributed by atoms with E-state index in [2.05, 4.69) is 10.3 Å². The quantitative estimate of drug-likeness (QED) is 0.594. The second kappa shape index (κ2) is 6.33. The van der Waals surface area contributed by atoms with E-state index in [0.717, 1.165) is 22.4 Å². The molecule has 0 aliphatic carbocycles. The molecule has 4 aromatic rings. The molecule has 1 N–H and O–H groups in total. The maximum atomic E-state index is 11.7. The SMILES string of the molecule is COc1ccc(-c2ccc(C(=O)O)c(-c3ccc4nonc4c3)c2)cc1. The molecule has 0 spiro atoms. The molecule has 0 saturated carbocycles. The fourth-order valence-corrected chi connectivity index (χ4v) is 2.88. The molecule has 0 amide bonds. The van der Waals surface area contributed by atoms with Crippen molar-refractivity contribution in [1.82, 2.24) is 10.3 Å². The fourth-order valence-electron chi connectivity index (χ4n) is 2.88. The standard InChI is InChI=1S/C20H14N2O4/c1-25-15-6-2-12(3-7-15)13-4-8-16(20(23)24)17(10-13)14-5-9-18-19(11-14)22-26-21-18/h2-11H,1H3,(H,23,24). The number of aromatic carboxylic acids is 1. The number of hydrogen-bond donors (Lipinski definition) is 1. The van der Waals surface area contributed by atoms with Gasteiger partial charge in [0, 0.05) is 0 Å². The molecule has 0 radical (unpaired) electrons. The van der Waals surface area contributed by atoms with Crippen LogP contribution in [0.4, 0.5) is 0 Å². The molecular weight excluding hydrogens is 332 g/mol. The molecule has 0 aliphatic rings. The monoisotopic (exact) mass is 346 g/mol. The van der Waals surface area contributed by atoms with Crippen LogP contribution < -0.4 is 4.74 Å². The maximum Gasteiger partial charge on any atom is 0.336 e. The van der Waals surface area contributed by atoms with Gasteiger partial charge < -0.3 is 9.84 Å². The summed E-state index contributed by atoms with van der Waals surface area (Å²) in [5.74, 6) is -0.222. The Morgan fingerprint density at radius 2 is 1.58 bits per heavy atom. The highest BCUT2D eigenvalue weighted by atomic mass is 16.6. The van der Waals surface area contributed by atoms with Gasteiger partial charge in [-0.05, 0) is 69.0 Å². The maximum absolute atomic E-state index is 11.7. The first-order valence-corrected chi connectivity index (χ1v) is 7.90. The number of benzene rings is 3. The highest BCUT2D eigenvalue weighted by Gasteiger charge is 2.14. The normalized spacial score (nSPS) is 10.8. The number of aromatic nitrogens is 2. The lowest BCUT2D eigenvalue weighted by atomic mass is 9.94. The van der Waals surface area contributed by atoms with Gasteiger partial charge in [0.25, 0.3) is 0 Å². The summed E-state index contributed by atoms with van der Waals surface area (Å²) in [6, 6.07) is 18.2. The summed E-state index contributed by atoms with van der Waals surface area (Å²) >= 11 is 0. The first-order chi connectivity index (χ1) is 12.7. The lowest BCUT2D eigenvalue weighted by molar-refractivity contribution is 0.0697. The Balaban J connectivity index is 1.86. The molecule has 0 aliphatic heterocycles. The van der Waals surface area contributed by atoms with Crippen molar-refractivity contribution in [2.24, 2.45) is 0 Å². The van der Waals surface area contributed by atoms with E-state index in [1.165, 1.54) is 0 Å². The smallest absolute Gasteiger partial charge is 0.336 e. The molecule has 6 nitrogen and oxygen atoms in total. The average Bonchev–Trinajstić information content (AvgIpc) is 3.15. The van der Waals surface area contributed by atoms with Crippen molar-refractivity contribution in [2.45, 2.75) is 0 Å². The Labute approximate surface area is 148 Å². The Morgan fingerprint density at radius 3 is 2.31 bits per heavy atom. The van der Waals surface area contributed by atoms with E-state index in [1.807, 2.05) is 36.4 Å². The summed E-state index contributed by atoms with van der Waals surface area (Å²) in [6.45, 7) is 0. The zero-order chi connectivity index (χ0) is 18.1. The topological polar surface area (TPSA) is 85.5 Å². The molecule has 0 unspecified atom stereocenters. The van der Waals surface area contributed by atoms with E-state index in [9.17, 15) is 9.90 Å². The first kappa shape index (κ1) is 15.8. The molecule has 1 aromatic heterocycles. The molecule has 0 saturated heterocycles. The van der Waals surface area contributed by atoms with Crippen LogP contribution in [-0.4, -0.2) is 28.5 Å². The Bertz CT molecular complexity index is 1100. The largest absolute Gasteiger partial charge is 0.497 e. The molecule has 4 rings (SSSR count). The number of carboxylic acid groups (broad SMARTS) is 1. The third-order valence-corrected chi connectivity index (χ3v) is 4.24. The van der Waals surface area contributed by atoms with E-state index in [-0.39, 0.29) is 5.56 Å². The number of ether oxygens (including phenoxy) is 1. The van der Waals surface area contributed by atoms with Gasteiger partial charge >= 0.3 is 5.97 Å². The zero-order valence-electron chi connectivity index (χ0n) is 13.8. The summed E-state index contributed by atoms with van der Waals surface area (Å²) in [6.07, 6.45) is 0. The van der Waals surface area contributed by atoms with Gasteiger partial charge in [-0.2, -0.15) is 0 Å². The summed E-state index contributed by atoms with van der Waals surface area (Å²) < 4.78 is 9.90. The fraction of sp³-hybridized carbons (Fsp3) is 0.0500.